The van der Waals surface area contributed by atoms with Gasteiger partial charge in [-0.25, -0.2) is 0 Å². The number of aromatic nitrogens is 1. The second-order valence-electron chi connectivity index (χ2n) is 4.04. The maximum atomic E-state index is 5.88. The van der Waals surface area contributed by atoms with Gasteiger partial charge in [0.1, 0.15) is 11.9 Å². The van der Waals surface area contributed by atoms with Crippen molar-refractivity contribution in [2.24, 2.45) is 5.73 Å². The number of pyridine rings is 1. The Balaban J connectivity index is 1.96. The largest absolute Gasteiger partial charge is 0.486 e. The summed E-state index contributed by atoms with van der Waals surface area (Å²) < 4.78 is 11.0. The van der Waals surface area contributed by atoms with E-state index in [0.29, 0.717) is 6.61 Å². The molecular weight excluding hydrogens is 204 g/mol. The lowest BCUT2D eigenvalue weighted by Gasteiger charge is -2.13. The summed E-state index contributed by atoms with van der Waals surface area (Å²) in [5.74, 6) is 0.794. The van der Waals surface area contributed by atoms with Crippen LogP contribution in [0.2, 0.25) is 0 Å². The van der Waals surface area contributed by atoms with Crippen molar-refractivity contribution in [3.8, 4) is 5.75 Å². The van der Waals surface area contributed by atoms with Crippen molar-refractivity contribution in [3.63, 3.8) is 0 Å². The molecule has 0 aromatic carbocycles. The highest BCUT2D eigenvalue weighted by molar-refractivity contribution is 5.21. The molecule has 88 valence electrons. The first kappa shape index (κ1) is 11.4. The van der Waals surface area contributed by atoms with Gasteiger partial charge in [0, 0.05) is 12.5 Å². The maximum absolute atomic E-state index is 5.88. The highest BCUT2D eigenvalue weighted by Crippen LogP contribution is 2.18. The van der Waals surface area contributed by atoms with Crippen LogP contribution < -0.4 is 10.5 Å². The highest BCUT2D eigenvalue weighted by Gasteiger charge is 2.17. The van der Waals surface area contributed by atoms with E-state index in [0.717, 1.165) is 30.9 Å². The zero-order valence-corrected chi connectivity index (χ0v) is 9.56. The molecule has 2 atom stereocenters. The van der Waals surface area contributed by atoms with Crippen molar-refractivity contribution < 1.29 is 9.47 Å². The molecule has 0 aliphatic carbocycles. The Morgan fingerprint density at radius 1 is 1.62 bits per heavy atom. The van der Waals surface area contributed by atoms with Crippen molar-refractivity contribution in [2.45, 2.75) is 31.9 Å². The quantitative estimate of drug-likeness (QED) is 0.841. The Morgan fingerprint density at radius 2 is 2.50 bits per heavy atom. The van der Waals surface area contributed by atoms with Crippen LogP contribution in [0.3, 0.4) is 0 Å². The molecule has 2 N–H and O–H groups in total. The van der Waals surface area contributed by atoms with Gasteiger partial charge in [0.25, 0.3) is 0 Å². The Morgan fingerprint density at radius 3 is 3.06 bits per heavy atom. The van der Waals surface area contributed by atoms with E-state index in [2.05, 4.69) is 4.98 Å². The summed E-state index contributed by atoms with van der Waals surface area (Å²) in [6, 6.07) is 3.87. The second kappa shape index (κ2) is 5.27. The van der Waals surface area contributed by atoms with E-state index in [1.807, 2.05) is 19.1 Å². The first-order chi connectivity index (χ1) is 7.79. The van der Waals surface area contributed by atoms with Crippen molar-refractivity contribution in [3.05, 3.63) is 24.0 Å². The smallest absolute Gasteiger partial charge is 0.138 e. The van der Waals surface area contributed by atoms with Gasteiger partial charge >= 0.3 is 0 Å². The molecule has 0 radical (unpaired) electrons. The molecule has 1 aromatic rings. The third-order valence-corrected chi connectivity index (χ3v) is 2.77. The molecule has 2 heterocycles. The molecular formula is C12H18N2O2. The fraction of sp³-hybridized carbons (Fsp3) is 0.583. The molecule has 0 amide bonds. The predicted molar refractivity (Wildman–Crippen MR) is 61.3 cm³/mol. The Labute approximate surface area is 95.8 Å². The van der Waals surface area contributed by atoms with Crippen LogP contribution in [0, 0.1) is 0 Å². The minimum absolute atomic E-state index is 0.0175. The van der Waals surface area contributed by atoms with E-state index in [9.17, 15) is 0 Å². The van der Waals surface area contributed by atoms with Crippen LogP contribution in [0.5, 0.6) is 5.75 Å². The summed E-state index contributed by atoms with van der Waals surface area (Å²) >= 11 is 0. The van der Waals surface area contributed by atoms with Gasteiger partial charge in [-0.2, -0.15) is 0 Å². The number of hydrogen-bond donors (Lipinski definition) is 1. The minimum atomic E-state index is 0.0175. The molecule has 4 nitrogen and oxygen atoms in total. The standard InChI is InChI=1S/C12H18N2O2/c1-2-11(13)12-4-3-9(7-14-12)16-10-5-6-15-8-10/h3-4,7,10-11H,2,5-6,8,13H2,1H3/t10?,11-/m1/s1. The molecule has 1 saturated heterocycles. The fourth-order valence-electron chi connectivity index (χ4n) is 1.69. The summed E-state index contributed by atoms with van der Waals surface area (Å²) in [7, 11) is 0. The summed E-state index contributed by atoms with van der Waals surface area (Å²) in [5, 5.41) is 0. The molecule has 1 aromatic heterocycles. The number of ether oxygens (including phenoxy) is 2. The molecule has 2 rings (SSSR count). The van der Waals surface area contributed by atoms with Gasteiger partial charge in [-0.15, -0.1) is 0 Å². The molecule has 0 spiro atoms. The molecule has 1 fully saturated rings. The molecule has 1 unspecified atom stereocenters. The topological polar surface area (TPSA) is 57.4 Å². The van der Waals surface area contributed by atoms with E-state index < -0.39 is 0 Å². The van der Waals surface area contributed by atoms with E-state index in [4.69, 9.17) is 15.2 Å². The molecule has 4 heteroatoms. The van der Waals surface area contributed by atoms with Gasteiger partial charge in [-0.1, -0.05) is 6.92 Å². The van der Waals surface area contributed by atoms with Gasteiger partial charge < -0.3 is 15.2 Å². The van der Waals surface area contributed by atoms with E-state index in [1.54, 1.807) is 6.20 Å². The Kier molecular flexibility index (Phi) is 3.74. The SMILES string of the molecule is CC[C@@H](N)c1ccc(OC2CCOC2)cn1. The third-order valence-electron chi connectivity index (χ3n) is 2.77. The zero-order chi connectivity index (χ0) is 11.4. The zero-order valence-electron chi connectivity index (χ0n) is 9.56. The van der Waals surface area contributed by atoms with E-state index >= 15 is 0 Å². The highest BCUT2D eigenvalue weighted by atomic mass is 16.5. The maximum Gasteiger partial charge on any atom is 0.138 e. The average Bonchev–Trinajstić information content (AvgIpc) is 2.82. The third kappa shape index (κ3) is 2.71. The van der Waals surface area contributed by atoms with Crippen LogP contribution in [0.1, 0.15) is 31.5 Å². The first-order valence-corrected chi connectivity index (χ1v) is 5.75. The second-order valence-corrected chi connectivity index (χ2v) is 4.04. The Hall–Kier alpha value is -1.13. The first-order valence-electron chi connectivity index (χ1n) is 5.75. The summed E-state index contributed by atoms with van der Waals surface area (Å²) in [6.07, 6.45) is 3.76. The minimum Gasteiger partial charge on any atom is -0.486 e. The van der Waals surface area contributed by atoms with Crippen molar-refractivity contribution >= 4 is 0 Å². The summed E-state index contributed by atoms with van der Waals surface area (Å²) in [6.45, 7) is 3.51. The average molecular weight is 222 g/mol. The van der Waals surface area contributed by atoms with E-state index in [1.165, 1.54) is 0 Å². The van der Waals surface area contributed by atoms with Gasteiger partial charge in [-0.05, 0) is 18.6 Å². The van der Waals surface area contributed by atoms with Gasteiger partial charge in [0.05, 0.1) is 25.1 Å². The van der Waals surface area contributed by atoms with E-state index in [-0.39, 0.29) is 12.1 Å². The number of rotatable bonds is 4. The van der Waals surface area contributed by atoms with Crippen LogP contribution in [0.15, 0.2) is 18.3 Å². The lowest BCUT2D eigenvalue weighted by atomic mass is 10.1. The van der Waals surface area contributed by atoms with Crippen molar-refractivity contribution in [1.82, 2.24) is 4.98 Å². The lowest BCUT2D eigenvalue weighted by Crippen LogP contribution is -2.16. The number of hydrogen-bond acceptors (Lipinski definition) is 4. The fourth-order valence-corrected chi connectivity index (χ4v) is 1.69. The van der Waals surface area contributed by atoms with Crippen LogP contribution in [0.4, 0.5) is 0 Å². The molecule has 1 aliphatic heterocycles. The monoisotopic (exact) mass is 222 g/mol. The molecule has 0 bridgehead atoms. The summed E-state index contributed by atoms with van der Waals surface area (Å²) in [4.78, 5) is 4.30. The normalized spacial score (nSPS) is 22.0. The Bertz CT molecular complexity index is 320. The van der Waals surface area contributed by atoms with Crippen LogP contribution in [-0.2, 0) is 4.74 Å². The molecule has 1 aliphatic rings. The van der Waals surface area contributed by atoms with Crippen molar-refractivity contribution in [2.75, 3.05) is 13.2 Å². The van der Waals surface area contributed by atoms with Gasteiger partial charge in [0.2, 0.25) is 0 Å². The predicted octanol–water partition coefficient (Wildman–Crippen LogP) is 1.66. The van der Waals surface area contributed by atoms with Crippen LogP contribution in [-0.4, -0.2) is 24.3 Å². The van der Waals surface area contributed by atoms with Crippen molar-refractivity contribution in [1.29, 1.82) is 0 Å². The molecule has 16 heavy (non-hydrogen) atoms. The van der Waals surface area contributed by atoms with Crippen LogP contribution in [0.25, 0.3) is 0 Å². The summed E-state index contributed by atoms with van der Waals surface area (Å²) in [5.41, 5.74) is 6.80. The van der Waals surface area contributed by atoms with Gasteiger partial charge in [0.15, 0.2) is 0 Å². The number of nitrogens with two attached hydrogens (primary N) is 1. The van der Waals surface area contributed by atoms with Gasteiger partial charge in [-0.3, -0.25) is 4.98 Å². The van der Waals surface area contributed by atoms with Crippen LogP contribution >= 0.6 is 0 Å². The lowest BCUT2D eigenvalue weighted by molar-refractivity contribution is 0.141. The number of nitrogens with zero attached hydrogens (tertiary/aromatic N) is 1. The molecule has 0 saturated carbocycles.